The zero-order chi connectivity index (χ0) is 12.0. The summed E-state index contributed by atoms with van der Waals surface area (Å²) < 4.78 is 10.3. The second kappa shape index (κ2) is 6.86. The van der Waals surface area contributed by atoms with Crippen LogP contribution in [0.3, 0.4) is 0 Å². The molecule has 0 amide bonds. The largest absolute Gasteiger partial charge is 0.465 e. The highest BCUT2D eigenvalue weighted by molar-refractivity contribution is 5.75. The van der Waals surface area contributed by atoms with E-state index in [1.54, 1.807) is 0 Å². The molecule has 0 saturated carbocycles. The first kappa shape index (κ1) is 13.5. The predicted octanol–water partition coefficient (Wildman–Crippen LogP) is 1.34. The van der Waals surface area contributed by atoms with Crippen molar-refractivity contribution in [3.63, 3.8) is 0 Å². The summed E-state index contributed by atoms with van der Waals surface area (Å²) in [5, 5.41) is 3.30. The second-order valence-electron chi connectivity index (χ2n) is 4.38. The Balaban J connectivity index is 2.31. The summed E-state index contributed by atoms with van der Waals surface area (Å²) in [6.45, 7) is 7.93. The molecule has 0 aromatic heterocycles. The molecule has 1 heterocycles. The molecule has 1 aliphatic heterocycles. The lowest BCUT2D eigenvalue weighted by Gasteiger charge is -2.30. The number of carbonyl (C=O) groups excluding carboxylic acids is 1. The van der Waals surface area contributed by atoms with Crippen molar-refractivity contribution < 1.29 is 14.3 Å². The van der Waals surface area contributed by atoms with Crippen LogP contribution in [0.5, 0.6) is 0 Å². The zero-order valence-corrected chi connectivity index (χ0v) is 10.5. The molecule has 1 N–H and O–H groups in total. The number of hydrogen-bond donors (Lipinski definition) is 1. The number of carbonyl (C=O) groups is 1. The van der Waals surface area contributed by atoms with E-state index in [9.17, 15) is 4.79 Å². The second-order valence-corrected chi connectivity index (χ2v) is 4.38. The lowest BCUT2D eigenvalue weighted by molar-refractivity contribution is -0.145. The van der Waals surface area contributed by atoms with Gasteiger partial charge in [-0.2, -0.15) is 0 Å². The molecule has 2 atom stereocenters. The van der Waals surface area contributed by atoms with Crippen molar-refractivity contribution in [1.82, 2.24) is 5.32 Å². The lowest BCUT2D eigenvalue weighted by atomic mass is 9.92. The van der Waals surface area contributed by atoms with Crippen molar-refractivity contribution in [3.8, 4) is 0 Å². The van der Waals surface area contributed by atoms with E-state index in [0.29, 0.717) is 18.6 Å². The van der Waals surface area contributed by atoms with E-state index in [2.05, 4.69) is 12.2 Å². The number of ether oxygens (including phenoxy) is 2. The van der Waals surface area contributed by atoms with Gasteiger partial charge in [0.25, 0.3) is 0 Å². The van der Waals surface area contributed by atoms with E-state index in [-0.39, 0.29) is 12.0 Å². The molecule has 0 aromatic rings. The highest BCUT2D eigenvalue weighted by Gasteiger charge is 2.24. The van der Waals surface area contributed by atoms with Gasteiger partial charge in [0.15, 0.2) is 0 Å². The Hall–Kier alpha value is -0.610. The van der Waals surface area contributed by atoms with Crippen LogP contribution in [0.1, 0.15) is 33.6 Å². The van der Waals surface area contributed by atoms with Gasteiger partial charge in [0.1, 0.15) is 6.04 Å². The SMILES string of the molecule is CCOC(=O)C(C)NC(C)C1CCOCC1. The Bertz CT molecular complexity index is 214. The third-order valence-electron chi connectivity index (χ3n) is 3.13. The van der Waals surface area contributed by atoms with Gasteiger partial charge in [0.05, 0.1) is 6.61 Å². The van der Waals surface area contributed by atoms with Crippen LogP contribution in [0.2, 0.25) is 0 Å². The fourth-order valence-corrected chi connectivity index (χ4v) is 2.08. The highest BCUT2D eigenvalue weighted by atomic mass is 16.5. The van der Waals surface area contributed by atoms with Gasteiger partial charge in [-0.15, -0.1) is 0 Å². The van der Waals surface area contributed by atoms with Gasteiger partial charge in [-0.1, -0.05) is 0 Å². The van der Waals surface area contributed by atoms with Crippen LogP contribution in [0.4, 0.5) is 0 Å². The summed E-state index contributed by atoms with van der Waals surface area (Å²) in [4.78, 5) is 11.5. The van der Waals surface area contributed by atoms with Crippen molar-refractivity contribution in [2.75, 3.05) is 19.8 Å². The standard InChI is InChI=1S/C12H23NO3/c1-4-16-12(14)10(3)13-9(2)11-5-7-15-8-6-11/h9-11,13H,4-8H2,1-3H3. The van der Waals surface area contributed by atoms with Crippen LogP contribution in [-0.2, 0) is 14.3 Å². The predicted molar refractivity (Wildman–Crippen MR) is 62.2 cm³/mol. The molecule has 1 saturated heterocycles. The third kappa shape index (κ3) is 4.10. The summed E-state index contributed by atoms with van der Waals surface area (Å²) in [5.74, 6) is 0.437. The first-order valence-corrected chi connectivity index (χ1v) is 6.15. The monoisotopic (exact) mass is 229 g/mol. The van der Waals surface area contributed by atoms with Crippen LogP contribution in [0, 0.1) is 5.92 Å². The fourth-order valence-electron chi connectivity index (χ4n) is 2.08. The van der Waals surface area contributed by atoms with Gasteiger partial charge in [0, 0.05) is 19.3 Å². The Labute approximate surface area is 97.7 Å². The maximum Gasteiger partial charge on any atom is 0.322 e. The number of rotatable bonds is 5. The van der Waals surface area contributed by atoms with Gasteiger partial charge in [-0.25, -0.2) is 0 Å². The first-order chi connectivity index (χ1) is 7.65. The topological polar surface area (TPSA) is 47.6 Å². The molecule has 1 rings (SSSR count). The van der Waals surface area contributed by atoms with E-state index >= 15 is 0 Å². The zero-order valence-electron chi connectivity index (χ0n) is 10.5. The number of hydrogen-bond acceptors (Lipinski definition) is 4. The van der Waals surface area contributed by atoms with Gasteiger partial charge in [-0.05, 0) is 39.5 Å². The van der Waals surface area contributed by atoms with Crippen LogP contribution < -0.4 is 5.32 Å². The third-order valence-corrected chi connectivity index (χ3v) is 3.13. The smallest absolute Gasteiger partial charge is 0.322 e. The summed E-state index contributed by atoms with van der Waals surface area (Å²) in [6.07, 6.45) is 2.15. The van der Waals surface area contributed by atoms with Crippen LogP contribution >= 0.6 is 0 Å². The van der Waals surface area contributed by atoms with Crippen LogP contribution in [-0.4, -0.2) is 37.9 Å². The van der Waals surface area contributed by atoms with Gasteiger partial charge in [-0.3, -0.25) is 4.79 Å². The molecule has 16 heavy (non-hydrogen) atoms. The minimum atomic E-state index is -0.224. The quantitative estimate of drug-likeness (QED) is 0.723. The minimum Gasteiger partial charge on any atom is -0.465 e. The number of esters is 1. The molecule has 94 valence electrons. The van der Waals surface area contributed by atoms with Crippen molar-refractivity contribution in [2.24, 2.45) is 5.92 Å². The van der Waals surface area contributed by atoms with Gasteiger partial charge >= 0.3 is 5.97 Å². The Kier molecular flexibility index (Phi) is 5.77. The molecule has 2 unspecified atom stereocenters. The maximum atomic E-state index is 11.5. The van der Waals surface area contributed by atoms with Gasteiger partial charge < -0.3 is 14.8 Å². The van der Waals surface area contributed by atoms with Crippen molar-refractivity contribution in [1.29, 1.82) is 0 Å². The van der Waals surface area contributed by atoms with E-state index in [1.165, 1.54) is 0 Å². The summed E-state index contributed by atoms with van der Waals surface area (Å²) in [7, 11) is 0. The van der Waals surface area contributed by atoms with Crippen molar-refractivity contribution in [3.05, 3.63) is 0 Å². The summed E-state index contributed by atoms with van der Waals surface area (Å²) >= 11 is 0. The molecule has 0 radical (unpaired) electrons. The molecule has 4 heteroatoms. The molecular formula is C12H23NO3. The fraction of sp³-hybridized carbons (Fsp3) is 0.917. The molecule has 4 nitrogen and oxygen atoms in total. The molecule has 1 fully saturated rings. The summed E-state index contributed by atoms with van der Waals surface area (Å²) in [6, 6.07) is 0.112. The van der Waals surface area contributed by atoms with Crippen LogP contribution in [0.15, 0.2) is 0 Å². The van der Waals surface area contributed by atoms with E-state index in [4.69, 9.17) is 9.47 Å². The lowest BCUT2D eigenvalue weighted by Crippen LogP contribution is -2.45. The first-order valence-electron chi connectivity index (χ1n) is 6.15. The van der Waals surface area contributed by atoms with E-state index in [0.717, 1.165) is 26.1 Å². The maximum absolute atomic E-state index is 11.5. The summed E-state index contributed by atoms with van der Waals surface area (Å²) in [5.41, 5.74) is 0. The van der Waals surface area contributed by atoms with E-state index < -0.39 is 0 Å². The van der Waals surface area contributed by atoms with Crippen LogP contribution in [0.25, 0.3) is 0 Å². The van der Waals surface area contributed by atoms with Crippen molar-refractivity contribution in [2.45, 2.75) is 45.7 Å². The normalized spacial score (nSPS) is 21.4. The van der Waals surface area contributed by atoms with Gasteiger partial charge in [0.2, 0.25) is 0 Å². The highest BCUT2D eigenvalue weighted by Crippen LogP contribution is 2.18. The molecule has 0 spiro atoms. The number of nitrogens with one attached hydrogen (secondary N) is 1. The Morgan fingerprint density at radius 1 is 1.44 bits per heavy atom. The van der Waals surface area contributed by atoms with E-state index in [1.807, 2.05) is 13.8 Å². The molecule has 0 bridgehead atoms. The Morgan fingerprint density at radius 3 is 2.62 bits per heavy atom. The average Bonchev–Trinajstić information content (AvgIpc) is 2.30. The molecular weight excluding hydrogens is 206 g/mol. The average molecular weight is 229 g/mol. The van der Waals surface area contributed by atoms with Crippen molar-refractivity contribution >= 4 is 5.97 Å². The Morgan fingerprint density at radius 2 is 2.06 bits per heavy atom. The minimum absolute atomic E-state index is 0.165. The molecule has 0 aromatic carbocycles. The molecule has 0 aliphatic carbocycles. The molecule has 1 aliphatic rings.